The van der Waals surface area contributed by atoms with Gasteiger partial charge >= 0.3 is 0 Å². The number of pyridine rings is 1. The SMILES string of the molecule is CCC(C)c1ccccc1N1CC(C(=O)NCc2cn3cc(Cl)ccc3n2)CC1=O. The van der Waals surface area contributed by atoms with E-state index in [9.17, 15) is 9.59 Å². The molecular formula is C23H25ClN4O2. The molecule has 30 heavy (non-hydrogen) atoms. The summed E-state index contributed by atoms with van der Waals surface area (Å²) in [7, 11) is 0. The normalized spacial score (nSPS) is 17.5. The lowest BCUT2D eigenvalue weighted by atomic mass is 9.96. The Balaban J connectivity index is 1.43. The van der Waals surface area contributed by atoms with Crippen LogP contribution in [0.4, 0.5) is 5.69 Å². The number of halogens is 1. The van der Waals surface area contributed by atoms with Crippen LogP contribution in [0.15, 0.2) is 48.8 Å². The van der Waals surface area contributed by atoms with E-state index >= 15 is 0 Å². The zero-order chi connectivity index (χ0) is 21.3. The Morgan fingerprint density at radius 3 is 2.87 bits per heavy atom. The molecule has 1 aliphatic heterocycles. The van der Waals surface area contributed by atoms with Crippen molar-refractivity contribution >= 4 is 34.7 Å². The number of anilines is 1. The standard InChI is InChI=1S/C23H25ClN4O2/c1-3-15(2)19-6-4-5-7-20(19)28-12-16(10-22(28)29)23(30)25-11-18-14-27-13-17(24)8-9-21(27)26-18/h4-9,13-16H,3,10-12H2,1-2H3,(H,25,30). The van der Waals surface area contributed by atoms with E-state index in [-0.39, 0.29) is 24.2 Å². The highest BCUT2D eigenvalue weighted by Crippen LogP contribution is 2.33. The first-order valence-electron chi connectivity index (χ1n) is 10.3. The van der Waals surface area contributed by atoms with Crippen LogP contribution in [0.2, 0.25) is 5.02 Å². The van der Waals surface area contributed by atoms with Crippen LogP contribution < -0.4 is 10.2 Å². The molecule has 7 heteroatoms. The molecule has 156 valence electrons. The minimum absolute atomic E-state index is 0.00623. The summed E-state index contributed by atoms with van der Waals surface area (Å²) in [6.07, 6.45) is 4.84. The van der Waals surface area contributed by atoms with E-state index in [0.717, 1.165) is 29.0 Å². The van der Waals surface area contributed by atoms with Gasteiger partial charge in [-0.3, -0.25) is 9.59 Å². The summed E-state index contributed by atoms with van der Waals surface area (Å²) in [5.74, 6) is -0.144. The van der Waals surface area contributed by atoms with Gasteiger partial charge in [-0.1, -0.05) is 43.6 Å². The molecule has 4 rings (SSSR count). The Labute approximate surface area is 180 Å². The largest absolute Gasteiger partial charge is 0.350 e. The summed E-state index contributed by atoms with van der Waals surface area (Å²) < 4.78 is 1.83. The van der Waals surface area contributed by atoms with Gasteiger partial charge < -0.3 is 14.6 Å². The number of benzene rings is 1. The maximum Gasteiger partial charge on any atom is 0.227 e. The van der Waals surface area contributed by atoms with Crippen molar-refractivity contribution in [2.75, 3.05) is 11.4 Å². The summed E-state index contributed by atoms with van der Waals surface area (Å²) in [5, 5.41) is 3.55. The number of carbonyl (C=O) groups excluding carboxylic acids is 2. The second kappa shape index (κ2) is 8.48. The molecule has 2 atom stereocenters. The third kappa shape index (κ3) is 4.05. The van der Waals surface area contributed by atoms with Crippen LogP contribution in [0.25, 0.3) is 5.65 Å². The minimum atomic E-state index is -0.367. The number of fused-ring (bicyclic) bond motifs is 1. The molecule has 1 fully saturated rings. The molecule has 1 aromatic carbocycles. The number of aromatic nitrogens is 2. The molecule has 0 spiro atoms. The number of imidazole rings is 1. The van der Waals surface area contributed by atoms with Crippen molar-refractivity contribution in [3.8, 4) is 0 Å². The Hall–Kier alpha value is -2.86. The van der Waals surface area contributed by atoms with E-state index in [1.54, 1.807) is 17.2 Å². The molecule has 3 heterocycles. The van der Waals surface area contributed by atoms with E-state index in [1.165, 1.54) is 0 Å². The number of nitrogens with one attached hydrogen (secondary N) is 1. The van der Waals surface area contributed by atoms with Gasteiger partial charge in [0, 0.05) is 31.0 Å². The quantitative estimate of drug-likeness (QED) is 0.645. The van der Waals surface area contributed by atoms with Crippen LogP contribution in [-0.4, -0.2) is 27.7 Å². The fourth-order valence-electron chi connectivity index (χ4n) is 3.91. The number of amides is 2. The van der Waals surface area contributed by atoms with Crippen molar-refractivity contribution < 1.29 is 9.59 Å². The van der Waals surface area contributed by atoms with E-state index in [1.807, 2.05) is 34.9 Å². The topological polar surface area (TPSA) is 66.7 Å². The second-order valence-corrected chi connectivity index (χ2v) is 8.27. The van der Waals surface area contributed by atoms with Crippen molar-refractivity contribution in [2.45, 2.75) is 39.2 Å². The molecular weight excluding hydrogens is 400 g/mol. The van der Waals surface area contributed by atoms with Crippen LogP contribution in [0.1, 0.15) is 43.9 Å². The van der Waals surface area contributed by atoms with Crippen LogP contribution in [0, 0.1) is 5.92 Å². The van der Waals surface area contributed by atoms with Gasteiger partial charge in [-0.15, -0.1) is 0 Å². The number of para-hydroxylation sites is 1. The molecule has 2 aromatic heterocycles. The Morgan fingerprint density at radius 2 is 2.07 bits per heavy atom. The van der Waals surface area contributed by atoms with Gasteiger partial charge in [0.2, 0.25) is 11.8 Å². The van der Waals surface area contributed by atoms with Crippen LogP contribution >= 0.6 is 11.6 Å². The zero-order valence-corrected chi connectivity index (χ0v) is 17.9. The van der Waals surface area contributed by atoms with Gasteiger partial charge in [-0.25, -0.2) is 4.98 Å². The Bertz CT molecular complexity index is 1090. The van der Waals surface area contributed by atoms with E-state index in [0.29, 0.717) is 24.0 Å². The van der Waals surface area contributed by atoms with Gasteiger partial charge in [-0.05, 0) is 36.1 Å². The smallest absolute Gasteiger partial charge is 0.227 e. The highest BCUT2D eigenvalue weighted by atomic mass is 35.5. The van der Waals surface area contributed by atoms with Gasteiger partial charge in [0.1, 0.15) is 5.65 Å². The maximum atomic E-state index is 12.7. The van der Waals surface area contributed by atoms with E-state index in [4.69, 9.17) is 11.6 Å². The van der Waals surface area contributed by atoms with Crippen LogP contribution in [0.5, 0.6) is 0 Å². The fourth-order valence-corrected chi connectivity index (χ4v) is 4.08. The zero-order valence-electron chi connectivity index (χ0n) is 17.1. The van der Waals surface area contributed by atoms with Crippen molar-refractivity contribution in [3.05, 3.63) is 65.1 Å². The van der Waals surface area contributed by atoms with Gasteiger partial charge in [0.25, 0.3) is 0 Å². The molecule has 2 amide bonds. The van der Waals surface area contributed by atoms with Crippen LogP contribution in [-0.2, 0) is 16.1 Å². The fraction of sp³-hybridized carbons (Fsp3) is 0.348. The molecule has 0 saturated carbocycles. The van der Waals surface area contributed by atoms with Crippen LogP contribution in [0.3, 0.4) is 0 Å². The summed E-state index contributed by atoms with van der Waals surface area (Å²) in [6.45, 7) is 5.01. The van der Waals surface area contributed by atoms with Crippen molar-refractivity contribution in [3.63, 3.8) is 0 Å². The first kappa shape index (κ1) is 20.4. The molecule has 3 aromatic rings. The maximum absolute atomic E-state index is 12.7. The third-order valence-electron chi connectivity index (χ3n) is 5.78. The first-order chi connectivity index (χ1) is 14.5. The summed E-state index contributed by atoms with van der Waals surface area (Å²) in [5.41, 5.74) is 3.59. The summed E-state index contributed by atoms with van der Waals surface area (Å²) >= 11 is 6.00. The van der Waals surface area contributed by atoms with Gasteiger partial charge in [-0.2, -0.15) is 0 Å². The molecule has 0 aliphatic carbocycles. The predicted octanol–water partition coefficient (Wildman–Crippen LogP) is 4.17. The number of carbonyl (C=O) groups is 2. The number of nitrogens with zero attached hydrogens (tertiary/aromatic N) is 3. The summed E-state index contributed by atoms with van der Waals surface area (Å²) in [6, 6.07) is 11.6. The predicted molar refractivity (Wildman–Crippen MR) is 118 cm³/mol. The molecule has 1 aliphatic rings. The number of hydrogen-bond acceptors (Lipinski definition) is 3. The molecule has 2 unspecified atom stereocenters. The molecule has 1 saturated heterocycles. The molecule has 1 N–H and O–H groups in total. The summed E-state index contributed by atoms with van der Waals surface area (Å²) in [4.78, 5) is 31.7. The third-order valence-corrected chi connectivity index (χ3v) is 6.00. The number of rotatable bonds is 6. The highest BCUT2D eigenvalue weighted by molar-refractivity contribution is 6.30. The lowest BCUT2D eigenvalue weighted by molar-refractivity contribution is -0.126. The van der Waals surface area contributed by atoms with Crippen molar-refractivity contribution in [1.82, 2.24) is 14.7 Å². The average molecular weight is 425 g/mol. The van der Waals surface area contributed by atoms with Crippen molar-refractivity contribution in [1.29, 1.82) is 0 Å². The Morgan fingerprint density at radius 1 is 1.27 bits per heavy atom. The van der Waals surface area contributed by atoms with E-state index in [2.05, 4.69) is 30.2 Å². The van der Waals surface area contributed by atoms with E-state index < -0.39 is 0 Å². The molecule has 0 radical (unpaired) electrons. The highest BCUT2D eigenvalue weighted by Gasteiger charge is 2.36. The Kier molecular flexibility index (Phi) is 5.77. The first-order valence-corrected chi connectivity index (χ1v) is 10.6. The minimum Gasteiger partial charge on any atom is -0.350 e. The monoisotopic (exact) mass is 424 g/mol. The molecule has 0 bridgehead atoms. The number of hydrogen-bond donors (Lipinski definition) is 1. The molecule has 6 nitrogen and oxygen atoms in total. The van der Waals surface area contributed by atoms with Crippen molar-refractivity contribution in [2.24, 2.45) is 5.92 Å². The van der Waals surface area contributed by atoms with Gasteiger partial charge in [0.05, 0.1) is 23.2 Å². The lowest BCUT2D eigenvalue weighted by Crippen LogP contribution is -2.33. The average Bonchev–Trinajstić information content (AvgIpc) is 3.34. The second-order valence-electron chi connectivity index (χ2n) is 7.84. The lowest BCUT2D eigenvalue weighted by Gasteiger charge is -2.23. The van der Waals surface area contributed by atoms with Gasteiger partial charge in [0.15, 0.2) is 0 Å².